The predicted octanol–water partition coefficient (Wildman–Crippen LogP) is 5.19. The molecule has 0 radical (unpaired) electrons. The van der Waals surface area contributed by atoms with Crippen molar-refractivity contribution in [3.8, 4) is 11.5 Å². The van der Waals surface area contributed by atoms with E-state index in [-0.39, 0.29) is 23.1 Å². The molecule has 0 N–H and O–H groups in total. The number of benzene rings is 2. The summed E-state index contributed by atoms with van der Waals surface area (Å²) in [7, 11) is 0. The van der Waals surface area contributed by atoms with E-state index >= 15 is 0 Å². The van der Waals surface area contributed by atoms with Gasteiger partial charge < -0.3 is 19.3 Å². The molecule has 4 aliphatic rings. The molecule has 0 saturated carbocycles. The van der Waals surface area contributed by atoms with Gasteiger partial charge in [-0.25, -0.2) is 0 Å². The number of carbonyl (C=O) groups excluding carboxylic acids is 2. The lowest BCUT2D eigenvalue weighted by Crippen LogP contribution is -2.45. The van der Waals surface area contributed by atoms with Gasteiger partial charge >= 0.3 is 0 Å². The minimum Gasteiger partial charge on any atom is -0.491 e. The molecule has 41 heavy (non-hydrogen) atoms. The summed E-state index contributed by atoms with van der Waals surface area (Å²) in [6, 6.07) is 19.7. The topological polar surface area (TPSA) is 72.0 Å². The van der Waals surface area contributed by atoms with Crippen LogP contribution >= 0.6 is 0 Å². The number of amides is 2. The van der Waals surface area contributed by atoms with Crippen LogP contribution < -0.4 is 9.47 Å². The van der Waals surface area contributed by atoms with E-state index in [4.69, 9.17) is 9.47 Å². The van der Waals surface area contributed by atoms with Crippen molar-refractivity contribution in [3.63, 3.8) is 0 Å². The second-order valence-electron chi connectivity index (χ2n) is 11.8. The van der Waals surface area contributed by atoms with Gasteiger partial charge in [0, 0.05) is 37.2 Å². The Bertz CT molecular complexity index is 1330. The molecule has 4 heterocycles. The standard InChI is InChI=1S/C34H39N3O4/c38-32(28-22-26-8-1-2-9-27(26)23-28)36-17-6-5-13-34(25-41-29-10-7-16-35-24-29)14-18-37(19-15-34)33(39)30-11-3-4-12-31(30)40-21-20-36/h1-4,7-12,16,24,28H,5-6,13-15,17-23,25H2. The van der Waals surface area contributed by atoms with E-state index in [1.54, 1.807) is 12.4 Å². The van der Waals surface area contributed by atoms with Crippen LogP contribution in [-0.2, 0) is 17.6 Å². The Morgan fingerprint density at radius 3 is 2.41 bits per heavy atom. The molecule has 0 unspecified atom stereocenters. The third-order valence-electron chi connectivity index (χ3n) is 9.12. The first-order chi connectivity index (χ1) is 20.1. The van der Waals surface area contributed by atoms with E-state index in [0.29, 0.717) is 50.7 Å². The second-order valence-corrected chi connectivity index (χ2v) is 11.8. The molecular weight excluding hydrogens is 514 g/mol. The highest BCUT2D eigenvalue weighted by molar-refractivity contribution is 5.97. The summed E-state index contributed by atoms with van der Waals surface area (Å²) in [5, 5.41) is 0. The average molecular weight is 554 g/mol. The number of hydrogen-bond donors (Lipinski definition) is 0. The summed E-state index contributed by atoms with van der Waals surface area (Å²) in [5.41, 5.74) is 3.14. The maximum atomic E-state index is 13.8. The van der Waals surface area contributed by atoms with Crippen molar-refractivity contribution in [3.05, 3.63) is 89.7 Å². The highest BCUT2D eigenvalue weighted by Gasteiger charge is 2.37. The Labute approximate surface area is 242 Å². The van der Waals surface area contributed by atoms with Crippen LogP contribution in [-0.4, -0.2) is 66.0 Å². The fourth-order valence-corrected chi connectivity index (χ4v) is 6.65. The third-order valence-corrected chi connectivity index (χ3v) is 9.12. The van der Waals surface area contributed by atoms with Crippen molar-refractivity contribution in [1.82, 2.24) is 14.8 Å². The Morgan fingerprint density at radius 1 is 0.902 bits per heavy atom. The van der Waals surface area contributed by atoms with Gasteiger partial charge in [-0.3, -0.25) is 14.6 Å². The molecule has 214 valence electrons. The number of carbonyl (C=O) groups is 2. The zero-order valence-electron chi connectivity index (χ0n) is 23.7. The van der Waals surface area contributed by atoms with Crippen molar-refractivity contribution in [2.75, 3.05) is 39.4 Å². The van der Waals surface area contributed by atoms with E-state index in [0.717, 1.165) is 50.7 Å². The molecule has 2 bridgehead atoms. The van der Waals surface area contributed by atoms with Crippen molar-refractivity contribution < 1.29 is 19.1 Å². The Balaban J connectivity index is 1.20. The number of para-hydroxylation sites is 1. The number of pyridine rings is 1. The van der Waals surface area contributed by atoms with Crippen LogP contribution in [0.5, 0.6) is 11.5 Å². The smallest absolute Gasteiger partial charge is 0.257 e. The number of aromatic nitrogens is 1. The minimum atomic E-state index is -0.0231. The fourth-order valence-electron chi connectivity index (χ4n) is 6.65. The van der Waals surface area contributed by atoms with Gasteiger partial charge in [-0.2, -0.15) is 0 Å². The van der Waals surface area contributed by atoms with Crippen LogP contribution in [0.15, 0.2) is 73.1 Å². The molecular formula is C34H39N3O4. The Hall–Kier alpha value is -3.87. The molecule has 3 aromatic rings. The van der Waals surface area contributed by atoms with E-state index < -0.39 is 0 Å². The Morgan fingerprint density at radius 2 is 1.66 bits per heavy atom. The molecule has 1 aliphatic carbocycles. The van der Waals surface area contributed by atoms with Crippen molar-refractivity contribution in [1.29, 1.82) is 0 Å². The lowest BCUT2D eigenvalue weighted by molar-refractivity contribution is -0.135. The van der Waals surface area contributed by atoms with Gasteiger partial charge in [-0.05, 0) is 73.9 Å². The van der Waals surface area contributed by atoms with Crippen LogP contribution in [0, 0.1) is 11.3 Å². The second kappa shape index (κ2) is 12.3. The molecule has 2 amide bonds. The van der Waals surface area contributed by atoms with Crippen LogP contribution in [0.3, 0.4) is 0 Å². The van der Waals surface area contributed by atoms with Gasteiger partial charge in [0.1, 0.15) is 18.1 Å². The van der Waals surface area contributed by atoms with Crippen molar-refractivity contribution in [2.45, 2.75) is 44.9 Å². The van der Waals surface area contributed by atoms with E-state index in [2.05, 4.69) is 29.2 Å². The first kappa shape index (κ1) is 27.3. The predicted molar refractivity (Wildman–Crippen MR) is 157 cm³/mol. The summed E-state index contributed by atoms with van der Waals surface area (Å²) in [5.74, 6) is 1.56. The molecule has 1 aromatic heterocycles. The van der Waals surface area contributed by atoms with Crippen LogP contribution in [0.25, 0.3) is 0 Å². The monoisotopic (exact) mass is 553 g/mol. The van der Waals surface area contributed by atoms with Gasteiger partial charge in [-0.15, -0.1) is 0 Å². The maximum absolute atomic E-state index is 13.8. The number of fused-ring (bicyclic) bond motifs is 10. The zero-order chi connectivity index (χ0) is 28.1. The molecule has 1 fully saturated rings. The van der Waals surface area contributed by atoms with Crippen LogP contribution in [0.1, 0.15) is 53.6 Å². The van der Waals surface area contributed by atoms with E-state index in [1.807, 2.05) is 46.2 Å². The lowest BCUT2D eigenvalue weighted by atomic mass is 9.75. The summed E-state index contributed by atoms with van der Waals surface area (Å²) < 4.78 is 12.4. The molecule has 7 nitrogen and oxygen atoms in total. The molecule has 0 atom stereocenters. The van der Waals surface area contributed by atoms with Gasteiger partial charge in [0.05, 0.1) is 24.9 Å². The number of piperidine rings is 1. The third kappa shape index (κ3) is 6.24. The normalized spacial score (nSPS) is 19.5. The fraction of sp³-hybridized carbons (Fsp3) is 0.441. The van der Waals surface area contributed by atoms with Crippen molar-refractivity contribution in [2.24, 2.45) is 11.3 Å². The molecule has 7 rings (SSSR count). The van der Waals surface area contributed by atoms with E-state index in [1.165, 1.54) is 11.1 Å². The van der Waals surface area contributed by atoms with Gasteiger partial charge in [0.15, 0.2) is 0 Å². The summed E-state index contributed by atoms with van der Waals surface area (Å²) in [6.45, 7) is 3.56. The Kier molecular flexibility index (Phi) is 8.21. The largest absolute Gasteiger partial charge is 0.491 e. The molecule has 2 aromatic carbocycles. The zero-order valence-corrected chi connectivity index (χ0v) is 23.7. The number of nitrogens with zero attached hydrogens (tertiary/aromatic N) is 3. The molecule has 3 aliphatic heterocycles. The quantitative estimate of drug-likeness (QED) is 0.445. The number of ether oxygens (including phenoxy) is 2. The highest BCUT2D eigenvalue weighted by atomic mass is 16.5. The lowest BCUT2D eigenvalue weighted by Gasteiger charge is -2.42. The maximum Gasteiger partial charge on any atom is 0.257 e. The number of rotatable bonds is 4. The van der Waals surface area contributed by atoms with Gasteiger partial charge in [0.25, 0.3) is 5.91 Å². The molecule has 7 heteroatoms. The average Bonchev–Trinajstić information content (AvgIpc) is 3.46. The van der Waals surface area contributed by atoms with Gasteiger partial charge in [0.2, 0.25) is 5.91 Å². The van der Waals surface area contributed by atoms with Gasteiger partial charge in [-0.1, -0.05) is 42.8 Å². The van der Waals surface area contributed by atoms with Crippen LogP contribution in [0.4, 0.5) is 0 Å². The minimum absolute atomic E-state index is 0.00824. The van der Waals surface area contributed by atoms with Crippen LogP contribution in [0.2, 0.25) is 0 Å². The SMILES string of the molecule is O=C1c2ccccc2OCCN(C(=O)C2Cc3ccccc3C2)CCCCC2(COc3cccnc3)CCN1CC2. The molecule has 0 spiro atoms. The first-order valence-electron chi connectivity index (χ1n) is 15.0. The van der Waals surface area contributed by atoms with E-state index in [9.17, 15) is 9.59 Å². The summed E-state index contributed by atoms with van der Waals surface area (Å²) >= 11 is 0. The first-order valence-corrected chi connectivity index (χ1v) is 15.0. The summed E-state index contributed by atoms with van der Waals surface area (Å²) in [4.78, 5) is 35.6. The molecule has 1 saturated heterocycles. The summed E-state index contributed by atoms with van der Waals surface area (Å²) in [6.07, 6.45) is 9.79. The van der Waals surface area contributed by atoms with Crippen molar-refractivity contribution >= 4 is 11.8 Å². The number of hydrogen-bond acceptors (Lipinski definition) is 5. The highest BCUT2D eigenvalue weighted by Crippen LogP contribution is 2.38.